The van der Waals surface area contributed by atoms with Crippen LogP contribution in [0.3, 0.4) is 0 Å². The van der Waals surface area contributed by atoms with Gasteiger partial charge in [0.2, 0.25) is 0 Å². The number of hydrogen-bond acceptors (Lipinski definition) is 3. The Morgan fingerprint density at radius 3 is 2.72 bits per heavy atom. The molecule has 100 valence electrons. The highest BCUT2D eigenvalue weighted by molar-refractivity contribution is 6.32. The zero-order valence-electron chi connectivity index (χ0n) is 11.4. The highest BCUT2D eigenvalue weighted by Gasteiger charge is 2.23. The summed E-state index contributed by atoms with van der Waals surface area (Å²) in [6.07, 6.45) is 4.26. The molecule has 2 rings (SSSR count). The third-order valence-corrected chi connectivity index (χ3v) is 4.24. The Hall–Kier alpha value is -0.800. The monoisotopic (exact) mass is 267 g/mol. The summed E-state index contributed by atoms with van der Waals surface area (Å²) in [5, 5.41) is 4.13. The molecule has 1 aromatic rings. The molecule has 2 heterocycles. The molecule has 0 amide bonds. The van der Waals surface area contributed by atoms with Crippen LogP contribution in [0.5, 0.6) is 0 Å². The molecule has 4 heteroatoms. The summed E-state index contributed by atoms with van der Waals surface area (Å²) in [4.78, 5) is 6.54. The molecule has 1 N–H and O–H groups in total. The summed E-state index contributed by atoms with van der Waals surface area (Å²) in [5.41, 5.74) is 2.15. The van der Waals surface area contributed by atoms with E-state index < -0.39 is 0 Å². The Morgan fingerprint density at radius 2 is 2.11 bits per heavy atom. The lowest BCUT2D eigenvalue weighted by Gasteiger charge is -2.33. The van der Waals surface area contributed by atoms with E-state index >= 15 is 0 Å². The van der Waals surface area contributed by atoms with E-state index in [-0.39, 0.29) is 0 Å². The van der Waals surface area contributed by atoms with Crippen LogP contribution in [0.25, 0.3) is 0 Å². The molecule has 3 nitrogen and oxygen atoms in total. The molecule has 18 heavy (non-hydrogen) atoms. The number of aromatic nitrogens is 1. The van der Waals surface area contributed by atoms with Crippen LogP contribution < -0.4 is 5.32 Å². The van der Waals surface area contributed by atoms with Crippen molar-refractivity contribution >= 4 is 17.3 Å². The molecule has 1 fully saturated rings. The van der Waals surface area contributed by atoms with Crippen LogP contribution in [0.2, 0.25) is 5.15 Å². The number of anilines is 1. The SMILES string of the molecule is Cc1ccnc(Cl)c1NC(C)C1CCN(C)CC1. The number of rotatable bonds is 3. The fraction of sp³-hybridized carbons (Fsp3) is 0.643. The smallest absolute Gasteiger partial charge is 0.152 e. The van der Waals surface area contributed by atoms with Gasteiger partial charge in [0.15, 0.2) is 5.15 Å². The van der Waals surface area contributed by atoms with Crippen LogP contribution >= 0.6 is 11.6 Å². The number of aryl methyl sites for hydroxylation is 1. The lowest BCUT2D eigenvalue weighted by atomic mass is 9.90. The molecule has 0 aromatic carbocycles. The fourth-order valence-electron chi connectivity index (χ4n) is 2.57. The minimum atomic E-state index is 0.444. The van der Waals surface area contributed by atoms with Crippen LogP contribution in [0.1, 0.15) is 25.3 Å². The van der Waals surface area contributed by atoms with Gasteiger partial charge in [-0.05, 0) is 64.4 Å². The van der Waals surface area contributed by atoms with Gasteiger partial charge < -0.3 is 10.2 Å². The lowest BCUT2D eigenvalue weighted by Crippen LogP contribution is -2.37. The second kappa shape index (κ2) is 5.89. The van der Waals surface area contributed by atoms with E-state index in [4.69, 9.17) is 11.6 Å². The number of pyridine rings is 1. The molecule has 1 unspecified atom stereocenters. The Kier molecular flexibility index (Phi) is 4.46. The van der Waals surface area contributed by atoms with E-state index in [1.807, 2.05) is 6.07 Å². The van der Waals surface area contributed by atoms with Crippen LogP contribution in [-0.2, 0) is 0 Å². The van der Waals surface area contributed by atoms with Gasteiger partial charge in [-0.3, -0.25) is 0 Å². The summed E-state index contributed by atoms with van der Waals surface area (Å²) < 4.78 is 0. The van der Waals surface area contributed by atoms with Gasteiger partial charge >= 0.3 is 0 Å². The molecule has 0 bridgehead atoms. The van der Waals surface area contributed by atoms with Gasteiger partial charge in [0.25, 0.3) is 0 Å². The molecule has 0 spiro atoms. The van der Waals surface area contributed by atoms with E-state index in [0.29, 0.717) is 11.2 Å². The number of nitrogens with one attached hydrogen (secondary N) is 1. The molecule has 1 aromatic heterocycles. The zero-order chi connectivity index (χ0) is 13.1. The van der Waals surface area contributed by atoms with E-state index in [0.717, 1.165) is 17.2 Å². The first-order valence-electron chi connectivity index (χ1n) is 6.64. The highest BCUT2D eigenvalue weighted by atomic mass is 35.5. The van der Waals surface area contributed by atoms with Gasteiger partial charge in [0.05, 0.1) is 5.69 Å². The second-order valence-electron chi connectivity index (χ2n) is 5.37. The van der Waals surface area contributed by atoms with Crippen molar-refractivity contribution in [1.82, 2.24) is 9.88 Å². The predicted octanol–water partition coefficient (Wildman–Crippen LogP) is 3.19. The zero-order valence-corrected chi connectivity index (χ0v) is 12.2. The van der Waals surface area contributed by atoms with Gasteiger partial charge in [-0.2, -0.15) is 0 Å². The number of likely N-dealkylation sites (tertiary alicyclic amines) is 1. The van der Waals surface area contributed by atoms with Crippen molar-refractivity contribution in [2.75, 3.05) is 25.5 Å². The number of halogens is 1. The van der Waals surface area contributed by atoms with E-state index in [1.165, 1.54) is 25.9 Å². The van der Waals surface area contributed by atoms with Crippen molar-refractivity contribution < 1.29 is 0 Å². The Morgan fingerprint density at radius 1 is 1.44 bits per heavy atom. The number of hydrogen-bond donors (Lipinski definition) is 1. The minimum Gasteiger partial charge on any atom is -0.380 e. The van der Waals surface area contributed by atoms with E-state index in [2.05, 4.69) is 36.1 Å². The maximum Gasteiger partial charge on any atom is 0.152 e. The summed E-state index contributed by atoms with van der Waals surface area (Å²) in [6, 6.07) is 2.44. The molecule has 1 aliphatic heterocycles. The van der Waals surface area contributed by atoms with Gasteiger partial charge in [-0.15, -0.1) is 0 Å². The van der Waals surface area contributed by atoms with Crippen molar-refractivity contribution in [2.45, 2.75) is 32.7 Å². The largest absolute Gasteiger partial charge is 0.380 e. The Bertz CT molecular complexity index is 380. The highest BCUT2D eigenvalue weighted by Crippen LogP contribution is 2.27. The molecule has 1 saturated heterocycles. The van der Waals surface area contributed by atoms with E-state index in [1.54, 1.807) is 6.20 Å². The molecule has 0 radical (unpaired) electrons. The standard InChI is InChI=1S/C14H22ClN3/c1-10-4-7-16-14(15)13(10)17-11(2)12-5-8-18(3)9-6-12/h4,7,11-12,17H,5-6,8-9H2,1-3H3. The summed E-state index contributed by atoms with van der Waals surface area (Å²) >= 11 is 6.15. The van der Waals surface area contributed by atoms with Crippen molar-refractivity contribution in [1.29, 1.82) is 0 Å². The van der Waals surface area contributed by atoms with Gasteiger partial charge in [-0.1, -0.05) is 11.6 Å². The molecular formula is C14H22ClN3. The maximum atomic E-state index is 6.15. The molecule has 0 saturated carbocycles. The number of piperidine rings is 1. The molecule has 0 aliphatic carbocycles. The fourth-order valence-corrected chi connectivity index (χ4v) is 2.83. The topological polar surface area (TPSA) is 28.2 Å². The van der Waals surface area contributed by atoms with Crippen molar-refractivity contribution in [3.05, 3.63) is 23.0 Å². The van der Waals surface area contributed by atoms with Crippen LogP contribution in [0, 0.1) is 12.8 Å². The minimum absolute atomic E-state index is 0.444. The third-order valence-electron chi connectivity index (χ3n) is 3.96. The molecule has 1 atom stereocenters. The predicted molar refractivity (Wildman–Crippen MR) is 77.3 cm³/mol. The maximum absolute atomic E-state index is 6.15. The Balaban J connectivity index is 2.00. The van der Waals surface area contributed by atoms with E-state index in [9.17, 15) is 0 Å². The van der Waals surface area contributed by atoms with Crippen molar-refractivity contribution in [2.24, 2.45) is 5.92 Å². The molecular weight excluding hydrogens is 246 g/mol. The van der Waals surface area contributed by atoms with Gasteiger partial charge in [0.1, 0.15) is 0 Å². The summed E-state index contributed by atoms with van der Waals surface area (Å²) in [7, 11) is 2.19. The average molecular weight is 268 g/mol. The first kappa shape index (κ1) is 13.6. The second-order valence-corrected chi connectivity index (χ2v) is 5.73. The van der Waals surface area contributed by atoms with Crippen LogP contribution in [0.15, 0.2) is 12.3 Å². The quantitative estimate of drug-likeness (QED) is 0.853. The summed E-state index contributed by atoms with van der Waals surface area (Å²) in [6.45, 7) is 6.70. The Labute approximate surface area is 115 Å². The molecule has 1 aliphatic rings. The number of nitrogens with zero attached hydrogens (tertiary/aromatic N) is 2. The normalized spacial score (nSPS) is 19.8. The lowest BCUT2D eigenvalue weighted by molar-refractivity contribution is 0.208. The average Bonchev–Trinajstić information content (AvgIpc) is 2.34. The van der Waals surface area contributed by atoms with Gasteiger partial charge in [-0.25, -0.2) is 4.98 Å². The van der Waals surface area contributed by atoms with Crippen molar-refractivity contribution in [3.63, 3.8) is 0 Å². The first-order valence-corrected chi connectivity index (χ1v) is 7.02. The first-order chi connectivity index (χ1) is 8.58. The van der Waals surface area contributed by atoms with Crippen LogP contribution in [-0.4, -0.2) is 36.1 Å². The van der Waals surface area contributed by atoms with Crippen molar-refractivity contribution in [3.8, 4) is 0 Å². The van der Waals surface area contributed by atoms with Crippen LogP contribution in [0.4, 0.5) is 5.69 Å². The summed E-state index contributed by atoms with van der Waals surface area (Å²) in [5.74, 6) is 0.719. The third kappa shape index (κ3) is 3.15. The van der Waals surface area contributed by atoms with Gasteiger partial charge in [0, 0.05) is 12.2 Å².